The Morgan fingerprint density at radius 2 is 2.11 bits per heavy atom. The molecule has 1 unspecified atom stereocenters. The Balaban J connectivity index is 0.00000280. The molecular formula is C21H36IN5O. The molecule has 28 heavy (non-hydrogen) atoms. The number of morpholine rings is 1. The molecule has 0 aromatic carbocycles. The van der Waals surface area contributed by atoms with E-state index in [1.807, 2.05) is 19.3 Å². The number of aliphatic imine (C=N–C) groups is 1. The van der Waals surface area contributed by atoms with E-state index < -0.39 is 0 Å². The van der Waals surface area contributed by atoms with Crippen molar-refractivity contribution in [3.8, 4) is 0 Å². The van der Waals surface area contributed by atoms with Crippen LogP contribution in [-0.2, 0) is 11.3 Å². The molecular weight excluding hydrogens is 465 g/mol. The smallest absolute Gasteiger partial charge is 0.193 e. The van der Waals surface area contributed by atoms with Gasteiger partial charge in [0, 0.05) is 51.5 Å². The normalized spacial score (nSPS) is 23.3. The fourth-order valence-corrected chi connectivity index (χ4v) is 4.44. The van der Waals surface area contributed by atoms with Gasteiger partial charge in [-0.2, -0.15) is 0 Å². The minimum absolute atomic E-state index is 0. The van der Waals surface area contributed by atoms with Gasteiger partial charge < -0.3 is 19.9 Å². The van der Waals surface area contributed by atoms with E-state index >= 15 is 0 Å². The topological polar surface area (TPSA) is 53.0 Å². The average molecular weight is 501 g/mol. The second-order valence-corrected chi connectivity index (χ2v) is 8.07. The maximum absolute atomic E-state index is 5.48. The Labute approximate surface area is 187 Å². The summed E-state index contributed by atoms with van der Waals surface area (Å²) in [6, 6.07) is 4.18. The molecule has 0 amide bonds. The number of anilines is 1. The highest BCUT2D eigenvalue weighted by Gasteiger charge is 2.31. The lowest BCUT2D eigenvalue weighted by molar-refractivity contribution is 0.122. The zero-order chi connectivity index (χ0) is 19.1. The number of nitrogens with zero attached hydrogens (tertiary/aromatic N) is 4. The quantitative estimate of drug-likeness (QED) is 0.380. The largest absolute Gasteiger partial charge is 0.378 e. The molecule has 2 aliphatic rings. The Hall–Kier alpha value is -1.09. The van der Waals surface area contributed by atoms with Gasteiger partial charge in [-0.3, -0.25) is 4.99 Å². The number of rotatable bonds is 5. The van der Waals surface area contributed by atoms with E-state index in [9.17, 15) is 0 Å². The lowest BCUT2D eigenvalue weighted by Crippen LogP contribution is -2.49. The number of halogens is 1. The first-order chi connectivity index (χ1) is 13.1. The van der Waals surface area contributed by atoms with Crippen molar-refractivity contribution >= 4 is 35.8 Å². The first kappa shape index (κ1) is 23.2. The lowest BCUT2D eigenvalue weighted by atomic mass is 9.78. The van der Waals surface area contributed by atoms with Crippen LogP contribution in [-0.4, -0.2) is 62.3 Å². The van der Waals surface area contributed by atoms with E-state index in [2.05, 4.69) is 45.0 Å². The van der Waals surface area contributed by atoms with Crippen molar-refractivity contribution in [3.63, 3.8) is 0 Å². The van der Waals surface area contributed by atoms with Crippen LogP contribution < -0.4 is 10.2 Å². The molecule has 2 saturated heterocycles. The first-order valence-corrected chi connectivity index (χ1v) is 10.4. The molecule has 0 bridgehead atoms. The Kier molecular flexibility index (Phi) is 9.27. The standard InChI is InChI=1S/C21H35N5O.HI/c1-4-8-21(2)9-6-11-26(17-21)20(22-3)24-16-18-7-5-10-23-19(18)25-12-14-27-15-13-25;/h5,7,10H,4,6,8-9,11-17H2,1-3H3,(H,22,24);1H. The minimum atomic E-state index is 0. The van der Waals surface area contributed by atoms with Crippen molar-refractivity contribution in [2.45, 2.75) is 46.1 Å². The summed E-state index contributed by atoms with van der Waals surface area (Å²) >= 11 is 0. The number of guanidine groups is 1. The lowest BCUT2D eigenvalue weighted by Gasteiger charge is -2.42. The second-order valence-electron chi connectivity index (χ2n) is 8.07. The summed E-state index contributed by atoms with van der Waals surface area (Å²) in [5, 5.41) is 3.59. The van der Waals surface area contributed by atoms with Crippen LogP contribution in [0.2, 0.25) is 0 Å². The van der Waals surface area contributed by atoms with Crippen molar-refractivity contribution in [1.82, 2.24) is 15.2 Å². The van der Waals surface area contributed by atoms with Gasteiger partial charge >= 0.3 is 0 Å². The SMILES string of the molecule is CCCC1(C)CCCN(C(=NC)NCc2cccnc2N2CCOCC2)C1.I. The molecule has 1 N–H and O–H groups in total. The van der Waals surface area contributed by atoms with Crippen LogP contribution in [0.3, 0.4) is 0 Å². The van der Waals surface area contributed by atoms with Crippen LogP contribution in [0.4, 0.5) is 5.82 Å². The highest BCUT2D eigenvalue weighted by atomic mass is 127. The van der Waals surface area contributed by atoms with Gasteiger partial charge in [-0.05, 0) is 30.7 Å². The molecule has 6 nitrogen and oxygen atoms in total. The molecule has 7 heteroatoms. The van der Waals surface area contributed by atoms with E-state index in [-0.39, 0.29) is 24.0 Å². The summed E-state index contributed by atoms with van der Waals surface area (Å²) in [4.78, 5) is 14.0. The fourth-order valence-electron chi connectivity index (χ4n) is 4.44. The maximum Gasteiger partial charge on any atom is 0.193 e. The summed E-state index contributed by atoms with van der Waals surface area (Å²) in [5.74, 6) is 2.08. The van der Waals surface area contributed by atoms with Crippen molar-refractivity contribution in [3.05, 3.63) is 23.9 Å². The van der Waals surface area contributed by atoms with Crippen LogP contribution >= 0.6 is 24.0 Å². The number of likely N-dealkylation sites (tertiary alicyclic amines) is 1. The fraction of sp³-hybridized carbons (Fsp3) is 0.714. The van der Waals surface area contributed by atoms with Crippen molar-refractivity contribution < 1.29 is 4.74 Å². The molecule has 0 saturated carbocycles. The van der Waals surface area contributed by atoms with E-state index in [1.54, 1.807) is 0 Å². The van der Waals surface area contributed by atoms with E-state index in [0.717, 1.165) is 57.7 Å². The summed E-state index contributed by atoms with van der Waals surface area (Å²) < 4.78 is 5.48. The molecule has 0 aliphatic carbocycles. The minimum Gasteiger partial charge on any atom is -0.378 e. The monoisotopic (exact) mass is 501 g/mol. The summed E-state index contributed by atoms with van der Waals surface area (Å²) in [5.41, 5.74) is 1.62. The summed E-state index contributed by atoms with van der Waals surface area (Å²) in [6.07, 6.45) is 6.96. The predicted molar refractivity (Wildman–Crippen MR) is 127 cm³/mol. The zero-order valence-electron chi connectivity index (χ0n) is 17.6. The van der Waals surface area contributed by atoms with Crippen LogP contribution in [0.1, 0.15) is 45.1 Å². The molecule has 158 valence electrons. The summed E-state index contributed by atoms with van der Waals surface area (Å²) in [6.45, 7) is 11.0. The molecule has 1 aromatic rings. The molecule has 1 atom stereocenters. The van der Waals surface area contributed by atoms with Crippen molar-refractivity contribution in [2.75, 3.05) is 51.3 Å². The average Bonchev–Trinajstić information content (AvgIpc) is 2.69. The van der Waals surface area contributed by atoms with Gasteiger partial charge in [0.1, 0.15) is 5.82 Å². The van der Waals surface area contributed by atoms with Gasteiger partial charge in [0.05, 0.1) is 13.2 Å². The van der Waals surface area contributed by atoms with E-state index in [4.69, 9.17) is 4.74 Å². The van der Waals surface area contributed by atoms with Gasteiger partial charge in [-0.1, -0.05) is 26.3 Å². The Morgan fingerprint density at radius 3 is 2.82 bits per heavy atom. The zero-order valence-corrected chi connectivity index (χ0v) is 19.9. The second kappa shape index (κ2) is 11.2. The van der Waals surface area contributed by atoms with E-state index in [1.165, 1.54) is 31.2 Å². The Morgan fingerprint density at radius 1 is 1.32 bits per heavy atom. The van der Waals surface area contributed by atoms with Gasteiger partial charge in [0.25, 0.3) is 0 Å². The first-order valence-electron chi connectivity index (χ1n) is 10.4. The highest BCUT2D eigenvalue weighted by molar-refractivity contribution is 14.0. The van der Waals surface area contributed by atoms with Crippen LogP contribution in [0, 0.1) is 5.41 Å². The molecule has 1 aromatic heterocycles. The number of hydrogen-bond donors (Lipinski definition) is 1. The van der Waals surface area contributed by atoms with Crippen LogP contribution in [0.25, 0.3) is 0 Å². The third-order valence-corrected chi connectivity index (χ3v) is 5.76. The number of nitrogens with one attached hydrogen (secondary N) is 1. The van der Waals surface area contributed by atoms with E-state index in [0.29, 0.717) is 5.41 Å². The molecule has 2 fully saturated rings. The molecule has 2 aliphatic heterocycles. The summed E-state index contributed by atoms with van der Waals surface area (Å²) in [7, 11) is 1.89. The van der Waals surface area contributed by atoms with Gasteiger partial charge in [-0.15, -0.1) is 24.0 Å². The third kappa shape index (κ3) is 5.95. The number of piperidine rings is 1. The van der Waals surface area contributed by atoms with Crippen molar-refractivity contribution in [1.29, 1.82) is 0 Å². The molecule has 0 radical (unpaired) electrons. The number of pyridine rings is 1. The maximum atomic E-state index is 5.48. The van der Waals surface area contributed by atoms with Gasteiger partial charge in [0.15, 0.2) is 5.96 Å². The highest BCUT2D eigenvalue weighted by Crippen LogP contribution is 2.34. The van der Waals surface area contributed by atoms with Crippen molar-refractivity contribution in [2.24, 2.45) is 10.4 Å². The van der Waals surface area contributed by atoms with Crippen LogP contribution in [0.5, 0.6) is 0 Å². The molecule has 3 rings (SSSR count). The number of ether oxygens (including phenoxy) is 1. The predicted octanol–water partition coefficient (Wildman–Crippen LogP) is 3.51. The number of aromatic nitrogens is 1. The third-order valence-electron chi connectivity index (χ3n) is 5.76. The number of hydrogen-bond acceptors (Lipinski definition) is 4. The molecule has 0 spiro atoms. The van der Waals surface area contributed by atoms with Gasteiger partial charge in [-0.25, -0.2) is 4.98 Å². The van der Waals surface area contributed by atoms with Gasteiger partial charge in [0.2, 0.25) is 0 Å². The Bertz CT molecular complexity index is 631. The molecule has 3 heterocycles. The van der Waals surface area contributed by atoms with Crippen LogP contribution in [0.15, 0.2) is 23.3 Å².